The van der Waals surface area contributed by atoms with Gasteiger partial charge in [-0.1, -0.05) is 112 Å². The van der Waals surface area contributed by atoms with E-state index in [-0.39, 0.29) is 0 Å². The van der Waals surface area contributed by atoms with E-state index in [1.54, 1.807) is 0 Å². The Morgan fingerprint density at radius 1 is 0.641 bits per heavy atom. The van der Waals surface area contributed by atoms with Crippen LogP contribution < -0.4 is 4.90 Å². The second-order valence-electron chi connectivity index (χ2n) is 11.4. The van der Waals surface area contributed by atoms with E-state index in [4.69, 9.17) is 0 Å². The van der Waals surface area contributed by atoms with Gasteiger partial charge in [0.2, 0.25) is 0 Å². The minimum atomic E-state index is 0.598. The normalized spacial score (nSPS) is 12.4. The number of aryl methyl sites for hydroxylation is 3. The fourth-order valence-electron chi connectivity index (χ4n) is 6.46. The van der Waals surface area contributed by atoms with E-state index in [0.29, 0.717) is 11.8 Å². The Balaban J connectivity index is 1.34. The third-order valence-corrected chi connectivity index (χ3v) is 8.56. The predicted molar refractivity (Wildman–Crippen MR) is 171 cm³/mol. The first-order valence-corrected chi connectivity index (χ1v) is 14.8. The quantitative estimate of drug-likeness (QED) is 0.179. The van der Waals surface area contributed by atoms with E-state index in [1.807, 2.05) is 0 Å². The topological polar surface area (TPSA) is 3.24 Å². The molecule has 39 heavy (non-hydrogen) atoms. The third kappa shape index (κ3) is 5.74. The van der Waals surface area contributed by atoms with Crippen LogP contribution in [0.15, 0.2) is 97.1 Å². The van der Waals surface area contributed by atoms with Crippen LogP contribution in [0.2, 0.25) is 0 Å². The summed E-state index contributed by atoms with van der Waals surface area (Å²) in [4.78, 5) is 2.50. The average Bonchev–Trinajstić information content (AvgIpc) is 2.95. The molecule has 0 heterocycles. The first-order chi connectivity index (χ1) is 19.0. The SMILES string of the molecule is CCC(c1cccc2cccc(CCc3ccc(CN(CC)c4cccc5cccc(C)c45)cc3)c12)C(C)C. The summed E-state index contributed by atoms with van der Waals surface area (Å²) in [5, 5.41) is 5.55. The van der Waals surface area contributed by atoms with Crippen molar-refractivity contribution in [3.05, 3.63) is 125 Å². The van der Waals surface area contributed by atoms with Crippen molar-refractivity contribution in [1.29, 1.82) is 0 Å². The number of nitrogens with zero attached hydrogens (tertiary/aromatic N) is 1. The molecule has 5 rings (SSSR count). The Labute approximate surface area is 235 Å². The van der Waals surface area contributed by atoms with E-state index < -0.39 is 0 Å². The molecule has 0 radical (unpaired) electrons. The Kier molecular flexibility index (Phi) is 8.36. The maximum atomic E-state index is 2.50. The van der Waals surface area contributed by atoms with Crippen LogP contribution in [0.4, 0.5) is 5.69 Å². The van der Waals surface area contributed by atoms with Crippen molar-refractivity contribution in [2.24, 2.45) is 5.92 Å². The van der Waals surface area contributed by atoms with Crippen molar-refractivity contribution >= 4 is 27.2 Å². The molecule has 0 amide bonds. The van der Waals surface area contributed by atoms with Crippen molar-refractivity contribution < 1.29 is 0 Å². The van der Waals surface area contributed by atoms with Crippen LogP contribution in [0.1, 0.15) is 67.9 Å². The van der Waals surface area contributed by atoms with Gasteiger partial charge in [-0.15, -0.1) is 0 Å². The molecule has 5 aromatic rings. The standard InChI is InChI=1S/C38H43N/c1-6-34(27(3)4)35-18-10-16-32-14-9-15-33(38(32)35)25-24-29-20-22-30(23-21-29)26-39(7-2)36-19-11-17-31-13-8-12-28(5)37(31)36/h8-23,27,34H,6-7,24-26H2,1-5H3. The Bertz CT molecular complexity index is 1530. The summed E-state index contributed by atoms with van der Waals surface area (Å²) in [5.74, 6) is 1.24. The highest BCUT2D eigenvalue weighted by Gasteiger charge is 2.18. The molecular formula is C38H43N. The monoisotopic (exact) mass is 513 g/mol. The summed E-state index contributed by atoms with van der Waals surface area (Å²) in [7, 11) is 0. The van der Waals surface area contributed by atoms with Crippen molar-refractivity contribution in [3.8, 4) is 0 Å². The molecule has 0 fully saturated rings. The van der Waals surface area contributed by atoms with Gasteiger partial charge < -0.3 is 4.90 Å². The Hall–Kier alpha value is -3.58. The summed E-state index contributed by atoms with van der Waals surface area (Å²) in [5.41, 5.74) is 8.45. The van der Waals surface area contributed by atoms with Gasteiger partial charge in [0.15, 0.2) is 0 Å². The molecule has 5 aromatic carbocycles. The van der Waals surface area contributed by atoms with Crippen LogP contribution in [-0.4, -0.2) is 6.54 Å². The maximum absolute atomic E-state index is 2.50. The van der Waals surface area contributed by atoms with Crippen LogP contribution in [0, 0.1) is 12.8 Å². The molecular weight excluding hydrogens is 470 g/mol. The van der Waals surface area contributed by atoms with E-state index in [0.717, 1.165) is 25.9 Å². The number of benzene rings is 5. The molecule has 1 heteroatoms. The molecule has 200 valence electrons. The van der Waals surface area contributed by atoms with Gasteiger partial charge in [0.05, 0.1) is 0 Å². The van der Waals surface area contributed by atoms with Gasteiger partial charge in [-0.05, 0) is 95.0 Å². The molecule has 0 N–H and O–H groups in total. The number of fused-ring (bicyclic) bond motifs is 2. The largest absolute Gasteiger partial charge is 0.367 e. The van der Waals surface area contributed by atoms with Crippen LogP contribution in [0.25, 0.3) is 21.5 Å². The molecule has 0 aliphatic rings. The molecule has 1 nitrogen and oxygen atoms in total. The maximum Gasteiger partial charge on any atom is 0.0451 e. The summed E-state index contributed by atoms with van der Waals surface area (Å²) in [6.45, 7) is 13.4. The molecule has 0 aliphatic carbocycles. The highest BCUT2D eigenvalue weighted by atomic mass is 15.1. The zero-order valence-corrected chi connectivity index (χ0v) is 24.4. The number of rotatable bonds is 10. The lowest BCUT2D eigenvalue weighted by Crippen LogP contribution is -2.22. The van der Waals surface area contributed by atoms with Crippen molar-refractivity contribution in [2.45, 2.75) is 66.3 Å². The summed E-state index contributed by atoms with van der Waals surface area (Å²) in [6, 6.07) is 36.4. The Morgan fingerprint density at radius 2 is 1.26 bits per heavy atom. The van der Waals surface area contributed by atoms with E-state index >= 15 is 0 Å². The van der Waals surface area contributed by atoms with Gasteiger partial charge in [-0.2, -0.15) is 0 Å². The second kappa shape index (κ2) is 12.1. The molecule has 0 bridgehead atoms. The number of hydrogen-bond acceptors (Lipinski definition) is 1. The Morgan fingerprint density at radius 3 is 1.92 bits per heavy atom. The first kappa shape index (κ1) is 27.0. The second-order valence-corrected chi connectivity index (χ2v) is 11.4. The van der Waals surface area contributed by atoms with Crippen LogP contribution in [-0.2, 0) is 19.4 Å². The minimum Gasteiger partial charge on any atom is -0.367 e. The zero-order chi connectivity index (χ0) is 27.4. The molecule has 0 aromatic heterocycles. The van der Waals surface area contributed by atoms with E-state index in [2.05, 4.69) is 137 Å². The highest BCUT2D eigenvalue weighted by Crippen LogP contribution is 2.35. The summed E-state index contributed by atoms with van der Waals surface area (Å²) < 4.78 is 0. The molecule has 1 atom stereocenters. The molecule has 1 unspecified atom stereocenters. The third-order valence-electron chi connectivity index (χ3n) is 8.56. The first-order valence-electron chi connectivity index (χ1n) is 14.8. The molecule has 0 saturated carbocycles. The van der Waals surface area contributed by atoms with Gasteiger partial charge in [-0.25, -0.2) is 0 Å². The highest BCUT2D eigenvalue weighted by molar-refractivity contribution is 5.97. The van der Waals surface area contributed by atoms with E-state index in [1.165, 1.54) is 61.5 Å². The lowest BCUT2D eigenvalue weighted by molar-refractivity contribution is 0.488. The van der Waals surface area contributed by atoms with E-state index in [9.17, 15) is 0 Å². The predicted octanol–water partition coefficient (Wildman–Crippen LogP) is 10.3. The van der Waals surface area contributed by atoms with Gasteiger partial charge >= 0.3 is 0 Å². The van der Waals surface area contributed by atoms with Crippen molar-refractivity contribution in [3.63, 3.8) is 0 Å². The van der Waals surface area contributed by atoms with Gasteiger partial charge in [0.1, 0.15) is 0 Å². The molecule has 0 saturated heterocycles. The molecule has 0 spiro atoms. The lowest BCUT2D eigenvalue weighted by Gasteiger charge is -2.26. The summed E-state index contributed by atoms with van der Waals surface area (Å²) in [6.07, 6.45) is 3.31. The smallest absolute Gasteiger partial charge is 0.0451 e. The molecule has 0 aliphatic heterocycles. The van der Waals surface area contributed by atoms with Crippen LogP contribution >= 0.6 is 0 Å². The van der Waals surface area contributed by atoms with Gasteiger partial charge in [0.25, 0.3) is 0 Å². The fourth-order valence-corrected chi connectivity index (χ4v) is 6.46. The fraction of sp³-hybridized carbons (Fsp3) is 0.316. The van der Waals surface area contributed by atoms with Gasteiger partial charge in [0, 0.05) is 24.2 Å². The van der Waals surface area contributed by atoms with Gasteiger partial charge in [-0.3, -0.25) is 0 Å². The number of anilines is 1. The average molecular weight is 514 g/mol. The number of hydrogen-bond donors (Lipinski definition) is 0. The zero-order valence-electron chi connectivity index (χ0n) is 24.4. The van der Waals surface area contributed by atoms with Crippen molar-refractivity contribution in [2.75, 3.05) is 11.4 Å². The van der Waals surface area contributed by atoms with Crippen LogP contribution in [0.3, 0.4) is 0 Å². The summed E-state index contributed by atoms with van der Waals surface area (Å²) >= 11 is 0. The van der Waals surface area contributed by atoms with Crippen LogP contribution in [0.5, 0.6) is 0 Å². The van der Waals surface area contributed by atoms with Crippen molar-refractivity contribution in [1.82, 2.24) is 0 Å². The minimum absolute atomic E-state index is 0.598. The lowest BCUT2D eigenvalue weighted by atomic mass is 9.82.